The van der Waals surface area contributed by atoms with Gasteiger partial charge in [0.25, 0.3) is 6.01 Å². The SMILES string of the molecule is CNc1ncc(-c2ccc(OC(F)(F)F)cc2)o1. The summed E-state index contributed by atoms with van der Waals surface area (Å²) in [6, 6.07) is 5.68. The minimum Gasteiger partial charge on any atom is -0.424 e. The number of oxazole rings is 1. The lowest BCUT2D eigenvalue weighted by Crippen LogP contribution is -2.16. The number of hydrogen-bond donors (Lipinski definition) is 1. The summed E-state index contributed by atoms with van der Waals surface area (Å²) in [6.07, 6.45) is -3.21. The van der Waals surface area contributed by atoms with Gasteiger partial charge in [0.2, 0.25) is 0 Å². The molecule has 0 fully saturated rings. The molecule has 0 bridgehead atoms. The Bertz CT molecular complexity index is 520. The zero-order valence-electron chi connectivity index (χ0n) is 9.28. The number of hydrogen-bond acceptors (Lipinski definition) is 4. The monoisotopic (exact) mass is 258 g/mol. The zero-order chi connectivity index (χ0) is 13.2. The van der Waals surface area contributed by atoms with Crippen LogP contribution in [-0.4, -0.2) is 18.4 Å². The Morgan fingerprint density at radius 2 is 1.89 bits per heavy atom. The van der Waals surface area contributed by atoms with E-state index in [2.05, 4.69) is 15.0 Å². The van der Waals surface area contributed by atoms with Crippen LogP contribution in [0, 0.1) is 0 Å². The van der Waals surface area contributed by atoms with Crippen LogP contribution in [0.4, 0.5) is 19.2 Å². The predicted octanol–water partition coefficient (Wildman–Crippen LogP) is 3.28. The van der Waals surface area contributed by atoms with Gasteiger partial charge in [0.15, 0.2) is 5.76 Å². The first-order valence-electron chi connectivity index (χ1n) is 4.98. The second-order valence-corrected chi connectivity index (χ2v) is 3.35. The summed E-state index contributed by atoms with van der Waals surface area (Å²) in [7, 11) is 1.65. The molecular weight excluding hydrogens is 249 g/mol. The van der Waals surface area contributed by atoms with E-state index in [1.54, 1.807) is 7.05 Å². The summed E-state index contributed by atoms with van der Waals surface area (Å²) in [5, 5.41) is 2.71. The Morgan fingerprint density at radius 3 is 2.39 bits per heavy atom. The lowest BCUT2D eigenvalue weighted by atomic mass is 10.2. The molecule has 0 saturated carbocycles. The van der Waals surface area contributed by atoms with Crippen molar-refractivity contribution in [1.29, 1.82) is 0 Å². The Kier molecular flexibility index (Phi) is 3.14. The van der Waals surface area contributed by atoms with Crippen LogP contribution in [0.2, 0.25) is 0 Å². The first kappa shape index (κ1) is 12.3. The number of nitrogens with one attached hydrogen (secondary N) is 1. The highest BCUT2D eigenvalue weighted by Gasteiger charge is 2.30. The Labute approximate surface area is 100 Å². The summed E-state index contributed by atoms with van der Waals surface area (Å²) < 4.78 is 44.9. The molecule has 0 amide bonds. The quantitative estimate of drug-likeness (QED) is 0.917. The molecule has 18 heavy (non-hydrogen) atoms. The van der Waals surface area contributed by atoms with Crippen LogP contribution in [0.25, 0.3) is 11.3 Å². The fourth-order valence-corrected chi connectivity index (χ4v) is 1.34. The van der Waals surface area contributed by atoms with E-state index >= 15 is 0 Å². The zero-order valence-corrected chi connectivity index (χ0v) is 9.28. The molecule has 2 aromatic rings. The fraction of sp³-hybridized carbons (Fsp3) is 0.182. The molecule has 0 atom stereocenters. The number of ether oxygens (including phenoxy) is 1. The first-order valence-corrected chi connectivity index (χ1v) is 4.98. The molecule has 0 unspecified atom stereocenters. The van der Waals surface area contributed by atoms with E-state index in [0.29, 0.717) is 17.3 Å². The van der Waals surface area contributed by atoms with Crippen molar-refractivity contribution in [1.82, 2.24) is 4.98 Å². The molecule has 2 rings (SSSR count). The fourth-order valence-electron chi connectivity index (χ4n) is 1.34. The van der Waals surface area contributed by atoms with Gasteiger partial charge in [0, 0.05) is 12.6 Å². The molecule has 1 aromatic heterocycles. The van der Waals surface area contributed by atoms with E-state index in [1.165, 1.54) is 30.5 Å². The molecule has 0 radical (unpaired) electrons. The summed E-state index contributed by atoms with van der Waals surface area (Å²) in [5.41, 5.74) is 0.610. The van der Waals surface area contributed by atoms with Crippen molar-refractivity contribution in [2.24, 2.45) is 0 Å². The number of alkyl halides is 3. The maximum Gasteiger partial charge on any atom is 0.573 e. The van der Waals surface area contributed by atoms with Gasteiger partial charge in [0.1, 0.15) is 5.75 Å². The molecule has 7 heteroatoms. The second-order valence-electron chi connectivity index (χ2n) is 3.35. The van der Waals surface area contributed by atoms with Crippen molar-refractivity contribution in [3.63, 3.8) is 0 Å². The Morgan fingerprint density at radius 1 is 1.22 bits per heavy atom. The van der Waals surface area contributed by atoms with Gasteiger partial charge in [-0.05, 0) is 24.3 Å². The Hall–Kier alpha value is -2.18. The van der Waals surface area contributed by atoms with E-state index in [0.717, 1.165) is 0 Å². The maximum absolute atomic E-state index is 12.0. The smallest absolute Gasteiger partial charge is 0.424 e. The molecule has 1 N–H and O–H groups in total. The molecule has 96 valence electrons. The summed E-state index contributed by atoms with van der Waals surface area (Å²) in [4.78, 5) is 3.90. The number of benzene rings is 1. The number of nitrogens with zero attached hydrogens (tertiary/aromatic N) is 1. The number of anilines is 1. The minimum atomic E-state index is -4.69. The van der Waals surface area contributed by atoms with E-state index in [-0.39, 0.29) is 5.75 Å². The third-order valence-corrected chi connectivity index (χ3v) is 2.09. The van der Waals surface area contributed by atoms with E-state index < -0.39 is 6.36 Å². The van der Waals surface area contributed by atoms with Gasteiger partial charge >= 0.3 is 6.36 Å². The largest absolute Gasteiger partial charge is 0.573 e. The average molecular weight is 258 g/mol. The van der Waals surface area contributed by atoms with Crippen molar-refractivity contribution in [3.05, 3.63) is 30.5 Å². The number of rotatable bonds is 3. The average Bonchev–Trinajstić information content (AvgIpc) is 2.76. The van der Waals surface area contributed by atoms with Crippen molar-refractivity contribution < 1.29 is 22.3 Å². The highest BCUT2D eigenvalue weighted by atomic mass is 19.4. The lowest BCUT2D eigenvalue weighted by Gasteiger charge is -2.08. The van der Waals surface area contributed by atoms with Gasteiger partial charge in [-0.2, -0.15) is 0 Å². The highest BCUT2D eigenvalue weighted by Crippen LogP contribution is 2.27. The summed E-state index contributed by atoms with van der Waals surface area (Å²) >= 11 is 0. The molecule has 1 heterocycles. The number of aromatic nitrogens is 1. The first-order chi connectivity index (χ1) is 8.48. The van der Waals surface area contributed by atoms with Crippen LogP contribution >= 0.6 is 0 Å². The van der Waals surface area contributed by atoms with E-state index in [9.17, 15) is 13.2 Å². The molecule has 0 saturated heterocycles. The van der Waals surface area contributed by atoms with Gasteiger partial charge in [-0.15, -0.1) is 13.2 Å². The standard InChI is InChI=1S/C11H9F3N2O2/c1-15-10-16-6-9(17-10)7-2-4-8(5-3-7)18-11(12,13)14/h2-6H,1H3,(H,15,16). The van der Waals surface area contributed by atoms with Crippen molar-refractivity contribution in [2.45, 2.75) is 6.36 Å². The highest BCUT2D eigenvalue weighted by molar-refractivity contribution is 5.58. The normalized spacial score (nSPS) is 11.3. The summed E-state index contributed by atoms with van der Waals surface area (Å²) in [5.74, 6) is 0.178. The van der Waals surface area contributed by atoms with Crippen LogP contribution in [-0.2, 0) is 0 Å². The predicted molar refractivity (Wildman–Crippen MR) is 58.2 cm³/mol. The van der Waals surface area contributed by atoms with Crippen molar-refractivity contribution >= 4 is 6.01 Å². The van der Waals surface area contributed by atoms with Gasteiger partial charge in [-0.25, -0.2) is 4.98 Å². The molecule has 4 nitrogen and oxygen atoms in total. The third kappa shape index (κ3) is 2.93. The molecule has 0 spiro atoms. The van der Waals surface area contributed by atoms with Gasteiger partial charge < -0.3 is 14.5 Å². The van der Waals surface area contributed by atoms with Gasteiger partial charge in [-0.1, -0.05) is 0 Å². The maximum atomic E-state index is 12.0. The van der Waals surface area contributed by atoms with Crippen molar-refractivity contribution in [2.75, 3.05) is 12.4 Å². The Balaban J connectivity index is 2.17. The minimum absolute atomic E-state index is 0.278. The van der Waals surface area contributed by atoms with Gasteiger partial charge in [-0.3, -0.25) is 0 Å². The molecular formula is C11H9F3N2O2. The van der Waals surface area contributed by atoms with Crippen LogP contribution < -0.4 is 10.1 Å². The molecule has 0 aliphatic carbocycles. The number of halogens is 3. The van der Waals surface area contributed by atoms with Crippen LogP contribution in [0.15, 0.2) is 34.9 Å². The second kappa shape index (κ2) is 4.59. The van der Waals surface area contributed by atoms with Crippen LogP contribution in [0.3, 0.4) is 0 Å². The molecule has 0 aliphatic heterocycles. The lowest BCUT2D eigenvalue weighted by molar-refractivity contribution is -0.274. The van der Waals surface area contributed by atoms with Gasteiger partial charge in [0.05, 0.1) is 6.20 Å². The van der Waals surface area contributed by atoms with Crippen LogP contribution in [0.1, 0.15) is 0 Å². The summed E-state index contributed by atoms with van der Waals surface area (Å²) in [6.45, 7) is 0. The topological polar surface area (TPSA) is 47.3 Å². The molecule has 0 aliphatic rings. The van der Waals surface area contributed by atoms with Crippen LogP contribution in [0.5, 0.6) is 5.75 Å². The third-order valence-electron chi connectivity index (χ3n) is 2.09. The van der Waals surface area contributed by atoms with Crippen molar-refractivity contribution in [3.8, 4) is 17.1 Å². The van der Waals surface area contributed by atoms with E-state index in [1.807, 2.05) is 0 Å². The molecule has 1 aromatic carbocycles. The van der Waals surface area contributed by atoms with E-state index in [4.69, 9.17) is 4.42 Å².